The molecule has 2 aromatic rings. The molecule has 0 saturated heterocycles. The van der Waals surface area contributed by atoms with Gasteiger partial charge in [-0.2, -0.15) is 5.10 Å². The number of benzene rings is 1. The monoisotopic (exact) mass is 230 g/mol. The molecule has 17 heavy (non-hydrogen) atoms. The quantitative estimate of drug-likeness (QED) is 0.875. The number of hydrogen-bond acceptors (Lipinski definition) is 4. The van der Waals surface area contributed by atoms with Crippen LogP contribution in [0.1, 0.15) is 15.9 Å². The fraction of sp³-hybridized carbons (Fsp3) is 0.0833. The Bertz CT molecular complexity index is 541. The summed E-state index contributed by atoms with van der Waals surface area (Å²) in [4.78, 5) is 11.1. The van der Waals surface area contributed by atoms with E-state index in [0.29, 0.717) is 5.56 Å². The SMILES string of the molecule is Cc1cccc(Oc2cccnn2)c1C(=O)O. The lowest BCUT2D eigenvalue weighted by Gasteiger charge is -2.08. The van der Waals surface area contributed by atoms with Gasteiger partial charge in [-0.1, -0.05) is 12.1 Å². The molecule has 0 atom stereocenters. The van der Waals surface area contributed by atoms with Crippen LogP contribution in [0.3, 0.4) is 0 Å². The van der Waals surface area contributed by atoms with Crippen LogP contribution in [0.25, 0.3) is 0 Å². The molecule has 0 amide bonds. The standard InChI is InChI=1S/C12H10N2O3/c1-8-4-2-5-9(11(8)12(15)16)17-10-6-3-7-13-14-10/h2-7H,1H3,(H,15,16). The van der Waals surface area contributed by atoms with Gasteiger partial charge in [0.25, 0.3) is 0 Å². The highest BCUT2D eigenvalue weighted by Crippen LogP contribution is 2.25. The summed E-state index contributed by atoms with van der Waals surface area (Å²) in [5.74, 6) is -0.499. The van der Waals surface area contributed by atoms with Crippen LogP contribution in [0.15, 0.2) is 36.5 Å². The van der Waals surface area contributed by atoms with Crippen molar-refractivity contribution in [3.8, 4) is 11.6 Å². The van der Waals surface area contributed by atoms with Gasteiger partial charge in [-0.25, -0.2) is 4.79 Å². The molecule has 0 unspecified atom stereocenters. The minimum Gasteiger partial charge on any atom is -0.478 e. The normalized spacial score (nSPS) is 9.94. The van der Waals surface area contributed by atoms with Crippen molar-refractivity contribution in [2.24, 2.45) is 0 Å². The van der Waals surface area contributed by atoms with Gasteiger partial charge in [0, 0.05) is 12.3 Å². The van der Waals surface area contributed by atoms with E-state index in [0.717, 1.165) is 0 Å². The van der Waals surface area contributed by atoms with Crippen molar-refractivity contribution in [2.75, 3.05) is 0 Å². The van der Waals surface area contributed by atoms with Crippen LogP contribution in [0.4, 0.5) is 0 Å². The summed E-state index contributed by atoms with van der Waals surface area (Å²) in [6.45, 7) is 1.72. The Balaban J connectivity index is 2.40. The Kier molecular flexibility index (Phi) is 3.00. The van der Waals surface area contributed by atoms with Gasteiger partial charge >= 0.3 is 5.97 Å². The number of carboxylic acids is 1. The third-order valence-electron chi connectivity index (χ3n) is 2.21. The van der Waals surface area contributed by atoms with E-state index < -0.39 is 5.97 Å². The molecule has 0 radical (unpaired) electrons. The first-order valence-electron chi connectivity index (χ1n) is 4.97. The summed E-state index contributed by atoms with van der Waals surface area (Å²) in [5, 5.41) is 16.5. The molecular weight excluding hydrogens is 220 g/mol. The van der Waals surface area contributed by atoms with Crippen molar-refractivity contribution in [1.29, 1.82) is 0 Å². The van der Waals surface area contributed by atoms with Gasteiger partial charge in [-0.15, -0.1) is 5.10 Å². The van der Waals surface area contributed by atoms with Crippen LogP contribution in [-0.2, 0) is 0 Å². The first-order valence-corrected chi connectivity index (χ1v) is 4.97. The lowest BCUT2D eigenvalue weighted by molar-refractivity contribution is 0.0693. The molecule has 86 valence electrons. The summed E-state index contributed by atoms with van der Waals surface area (Å²) in [7, 11) is 0. The number of rotatable bonds is 3. The molecule has 1 aromatic heterocycles. The molecule has 2 rings (SSSR count). The molecule has 5 heteroatoms. The highest BCUT2D eigenvalue weighted by Gasteiger charge is 2.14. The van der Waals surface area contributed by atoms with Crippen LogP contribution in [0, 0.1) is 6.92 Å². The molecule has 0 aliphatic carbocycles. The summed E-state index contributed by atoms with van der Waals surface area (Å²) in [5.41, 5.74) is 0.775. The minimum absolute atomic E-state index is 0.137. The van der Waals surface area contributed by atoms with Crippen LogP contribution in [0.2, 0.25) is 0 Å². The van der Waals surface area contributed by atoms with E-state index in [-0.39, 0.29) is 17.2 Å². The maximum Gasteiger partial charge on any atom is 0.339 e. The van der Waals surface area contributed by atoms with E-state index in [9.17, 15) is 4.79 Å². The lowest BCUT2D eigenvalue weighted by Crippen LogP contribution is -2.03. The zero-order valence-corrected chi connectivity index (χ0v) is 9.12. The van der Waals surface area contributed by atoms with Gasteiger partial charge in [-0.05, 0) is 24.6 Å². The number of nitrogens with zero attached hydrogens (tertiary/aromatic N) is 2. The van der Waals surface area contributed by atoms with Crippen LogP contribution >= 0.6 is 0 Å². The largest absolute Gasteiger partial charge is 0.478 e. The topological polar surface area (TPSA) is 72.3 Å². The maximum absolute atomic E-state index is 11.1. The van der Waals surface area contributed by atoms with Gasteiger partial charge < -0.3 is 9.84 Å². The number of hydrogen-bond donors (Lipinski definition) is 1. The second-order valence-electron chi connectivity index (χ2n) is 3.42. The summed E-state index contributed by atoms with van der Waals surface area (Å²) in [6.07, 6.45) is 1.52. The molecule has 1 heterocycles. The number of aryl methyl sites for hydroxylation is 1. The Hall–Kier alpha value is -2.43. The van der Waals surface area contributed by atoms with Crippen LogP contribution in [-0.4, -0.2) is 21.3 Å². The minimum atomic E-state index is -1.03. The van der Waals surface area contributed by atoms with E-state index in [1.165, 1.54) is 6.20 Å². The van der Waals surface area contributed by atoms with E-state index >= 15 is 0 Å². The number of carbonyl (C=O) groups is 1. The number of carboxylic acid groups (broad SMARTS) is 1. The Morgan fingerprint density at radius 1 is 1.29 bits per heavy atom. The smallest absolute Gasteiger partial charge is 0.339 e. The van der Waals surface area contributed by atoms with Crippen molar-refractivity contribution >= 4 is 5.97 Å². The molecule has 1 aromatic carbocycles. The zero-order valence-electron chi connectivity index (χ0n) is 9.12. The average molecular weight is 230 g/mol. The van der Waals surface area contributed by atoms with Gasteiger partial charge in [-0.3, -0.25) is 0 Å². The predicted molar refractivity (Wildman–Crippen MR) is 60.2 cm³/mol. The third-order valence-corrected chi connectivity index (χ3v) is 2.21. The van der Waals surface area contributed by atoms with Gasteiger partial charge in [0.05, 0.1) is 0 Å². The van der Waals surface area contributed by atoms with E-state index in [2.05, 4.69) is 10.2 Å². The number of aromatic nitrogens is 2. The van der Waals surface area contributed by atoms with Gasteiger partial charge in [0.2, 0.25) is 5.88 Å². The maximum atomic E-state index is 11.1. The summed E-state index contributed by atoms with van der Waals surface area (Å²) < 4.78 is 5.40. The molecule has 0 aliphatic rings. The first kappa shape index (κ1) is 11.1. The molecular formula is C12H10N2O3. The fourth-order valence-electron chi connectivity index (χ4n) is 1.45. The first-order chi connectivity index (χ1) is 8.18. The molecule has 0 fully saturated rings. The average Bonchev–Trinajstić information content (AvgIpc) is 2.30. The Morgan fingerprint density at radius 3 is 2.76 bits per heavy atom. The predicted octanol–water partition coefficient (Wildman–Crippen LogP) is 2.28. The highest BCUT2D eigenvalue weighted by molar-refractivity contribution is 5.92. The third kappa shape index (κ3) is 2.39. The van der Waals surface area contributed by atoms with E-state index in [1.54, 1.807) is 37.3 Å². The van der Waals surface area contributed by atoms with Crippen LogP contribution < -0.4 is 4.74 Å². The van der Waals surface area contributed by atoms with Gasteiger partial charge in [0.15, 0.2) is 0 Å². The molecule has 1 N–H and O–H groups in total. The highest BCUT2D eigenvalue weighted by atomic mass is 16.5. The van der Waals surface area contributed by atoms with E-state index in [4.69, 9.17) is 9.84 Å². The number of aromatic carboxylic acids is 1. The van der Waals surface area contributed by atoms with Crippen molar-refractivity contribution in [2.45, 2.75) is 6.92 Å². The fourth-order valence-corrected chi connectivity index (χ4v) is 1.45. The van der Waals surface area contributed by atoms with Crippen molar-refractivity contribution in [1.82, 2.24) is 10.2 Å². The van der Waals surface area contributed by atoms with Crippen molar-refractivity contribution in [3.63, 3.8) is 0 Å². The van der Waals surface area contributed by atoms with Gasteiger partial charge in [0.1, 0.15) is 11.3 Å². The Morgan fingerprint density at radius 2 is 2.12 bits per heavy atom. The van der Waals surface area contributed by atoms with E-state index in [1.807, 2.05) is 0 Å². The number of ether oxygens (including phenoxy) is 1. The summed E-state index contributed by atoms with van der Waals surface area (Å²) in [6, 6.07) is 8.31. The molecule has 0 saturated carbocycles. The molecule has 5 nitrogen and oxygen atoms in total. The van der Waals surface area contributed by atoms with Crippen molar-refractivity contribution in [3.05, 3.63) is 47.7 Å². The Labute approximate surface area is 97.7 Å². The lowest BCUT2D eigenvalue weighted by atomic mass is 10.1. The van der Waals surface area contributed by atoms with Crippen molar-refractivity contribution < 1.29 is 14.6 Å². The second kappa shape index (κ2) is 4.61. The molecule has 0 spiro atoms. The second-order valence-corrected chi connectivity index (χ2v) is 3.42. The summed E-state index contributed by atoms with van der Waals surface area (Å²) >= 11 is 0. The molecule has 0 aliphatic heterocycles. The molecule has 0 bridgehead atoms. The van der Waals surface area contributed by atoms with Crippen LogP contribution in [0.5, 0.6) is 11.6 Å². The zero-order chi connectivity index (χ0) is 12.3.